The molecular formula is C21H27N5S2. The number of nitrogens with zero attached hydrogens (tertiary/aromatic N) is 5. The third-order valence-corrected chi connectivity index (χ3v) is 8.28. The molecule has 28 heavy (non-hydrogen) atoms. The summed E-state index contributed by atoms with van der Waals surface area (Å²) in [4.78, 5) is 9.71. The quantitative estimate of drug-likeness (QED) is 0.596. The molecule has 148 valence electrons. The zero-order valence-corrected chi connectivity index (χ0v) is 18.1. The fourth-order valence-electron chi connectivity index (χ4n) is 4.27. The highest BCUT2D eigenvalue weighted by atomic mass is 32.1. The minimum atomic E-state index is 0.650. The minimum absolute atomic E-state index is 0.650. The van der Waals surface area contributed by atoms with Crippen molar-refractivity contribution in [2.75, 3.05) is 36.0 Å². The Hall–Kier alpha value is -1.73. The summed E-state index contributed by atoms with van der Waals surface area (Å²) in [5.41, 5.74) is 2.51. The van der Waals surface area contributed by atoms with Gasteiger partial charge in [-0.2, -0.15) is 0 Å². The van der Waals surface area contributed by atoms with Crippen LogP contribution in [0.25, 0.3) is 10.2 Å². The number of fused-ring (bicyclic) bond motifs is 1. The highest BCUT2D eigenvalue weighted by Gasteiger charge is 2.25. The molecule has 3 aromatic rings. The van der Waals surface area contributed by atoms with Crippen molar-refractivity contribution >= 4 is 43.2 Å². The molecule has 1 aliphatic carbocycles. The van der Waals surface area contributed by atoms with E-state index < -0.39 is 0 Å². The number of aromatic nitrogens is 3. The third-order valence-electron chi connectivity index (χ3n) is 6.05. The van der Waals surface area contributed by atoms with Gasteiger partial charge in [0.25, 0.3) is 0 Å². The maximum absolute atomic E-state index is 4.88. The van der Waals surface area contributed by atoms with E-state index in [-0.39, 0.29) is 0 Å². The van der Waals surface area contributed by atoms with Crippen molar-refractivity contribution < 1.29 is 0 Å². The lowest BCUT2D eigenvalue weighted by molar-refractivity contribution is 0.440. The summed E-state index contributed by atoms with van der Waals surface area (Å²) in [5.74, 6) is 0.650. The van der Waals surface area contributed by atoms with E-state index in [0.29, 0.717) is 5.92 Å². The first-order valence-electron chi connectivity index (χ1n) is 10.5. The van der Waals surface area contributed by atoms with Crippen LogP contribution >= 0.6 is 22.7 Å². The van der Waals surface area contributed by atoms with Gasteiger partial charge >= 0.3 is 0 Å². The summed E-state index contributed by atoms with van der Waals surface area (Å²) < 4.78 is 1.30. The van der Waals surface area contributed by atoms with Crippen LogP contribution in [-0.4, -0.2) is 41.4 Å². The molecule has 0 bridgehead atoms. The van der Waals surface area contributed by atoms with Gasteiger partial charge in [0.05, 0.1) is 10.2 Å². The van der Waals surface area contributed by atoms with E-state index in [1.54, 1.807) is 0 Å². The molecule has 2 aliphatic rings. The van der Waals surface area contributed by atoms with Crippen molar-refractivity contribution in [2.45, 2.75) is 51.4 Å². The number of hydrogen-bond donors (Lipinski definition) is 0. The zero-order chi connectivity index (χ0) is 18.9. The van der Waals surface area contributed by atoms with Crippen LogP contribution in [0.3, 0.4) is 0 Å². The molecule has 3 heterocycles. The number of anilines is 2. The number of rotatable bonds is 4. The Kier molecular flexibility index (Phi) is 5.20. The number of thiazole rings is 1. The smallest absolute Gasteiger partial charge is 0.208 e. The van der Waals surface area contributed by atoms with E-state index in [2.05, 4.69) is 45.1 Å². The van der Waals surface area contributed by atoms with Crippen molar-refractivity contribution in [1.82, 2.24) is 15.2 Å². The van der Waals surface area contributed by atoms with Crippen LogP contribution in [-0.2, 0) is 6.42 Å². The Labute approximate surface area is 174 Å². The molecule has 0 radical (unpaired) electrons. The number of benzene rings is 1. The minimum Gasteiger partial charge on any atom is -0.345 e. The summed E-state index contributed by atoms with van der Waals surface area (Å²) in [5, 5.41) is 12.6. The number of hydrogen-bond acceptors (Lipinski definition) is 7. The molecule has 0 spiro atoms. The second-order valence-corrected chi connectivity index (χ2v) is 9.88. The second kappa shape index (κ2) is 7.95. The molecule has 1 saturated carbocycles. The van der Waals surface area contributed by atoms with Crippen LogP contribution in [0.1, 0.15) is 55.5 Å². The van der Waals surface area contributed by atoms with Crippen LogP contribution in [0.15, 0.2) is 18.2 Å². The van der Waals surface area contributed by atoms with Gasteiger partial charge in [0.2, 0.25) is 5.13 Å². The molecule has 0 amide bonds. The first-order chi connectivity index (χ1) is 13.8. The number of piperazine rings is 1. The molecule has 0 unspecified atom stereocenters. The molecule has 2 fully saturated rings. The highest BCUT2D eigenvalue weighted by molar-refractivity contribution is 7.22. The average molecular weight is 414 g/mol. The van der Waals surface area contributed by atoms with Crippen LogP contribution < -0.4 is 9.80 Å². The fraction of sp³-hybridized carbons (Fsp3) is 0.571. The first-order valence-corrected chi connectivity index (χ1v) is 12.2. The molecule has 0 N–H and O–H groups in total. The van der Waals surface area contributed by atoms with E-state index in [1.165, 1.54) is 47.4 Å². The molecule has 0 atom stereocenters. The van der Waals surface area contributed by atoms with Crippen molar-refractivity contribution in [3.63, 3.8) is 0 Å². The Morgan fingerprint density at radius 1 is 0.929 bits per heavy atom. The Balaban J connectivity index is 1.24. The molecule has 5 nitrogen and oxygen atoms in total. The molecule has 1 aromatic carbocycles. The average Bonchev–Trinajstić information content (AvgIpc) is 3.41. The predicted octanol–water partition coefficient (Wildman–Crippen LogP) is 5.08. The van der Waals surface area contributed by atoms with Crippen LogP contribution in [0.5, 0.6) is 0 Å². The molecule has 1 saturated heterocycles. The summed E-state index contributed by atoms with van der Waals surface area (Å²) in [6, 6.07) is 6.66. The summed E-state index contributed by atoms with van der Waals surface area (Å²) in [6.07, 6.45) is 7.74. The third kappa shape index (κ3) is 3.62. The van der Waals surface area contributed by atoms with Gasteiger partial charge in [0, 0.05) is 32.1 Å². The summed E-state index contributed by atoms with van der Waals surface area (Å²) in [7, 11) is 0. The van der Waals surface area contributed by atoms with E-state index >= 15 is 0 Å². The second-order valence-electron chi connectivity index (χ2n) is 7.88. The predicted molar refractivity (Wildman–Crippen MR) is 119 cm³/mol. The monoisotopic (exact) mass is 413 g/mol. The maximum atomic E-state index is 4.88. The molecule has 7 heteroatoms. The van der Waals surface area contributed by atoms with Gasteiger partial charge in [-0.3, -0.25) is 0 Å². The van der Waals surface area contributed by atoms with Gasteiger partial charge < -0.3 is 9.80 Å². The first kappa shape index (κ1) is 18.3. The van der Waals surface area contributed by atoms with Gasteiger partial charge in [0.15, 0.2) is 5.13 Å². The lowest BCUT2D eigenvalue weighted by Crippen LogP contribution is -2.46. The number of aryl methyl sites for hydroxylation is 1. The van der Waals surface area contributed by atoms with Crippen molar-refractivity contribution in [3.8, 4) is 0 Å². The summed E-state index contributed by atoms with van der Waals surface area (Å²) in [6.45, 7) is 6.19. The van der Waals surface area contributed by atoms with Crippen LogP contribution in [0, 0.1) is 0 Å². The zero-order valence-electron chi connectivity index (χ0n) is 16.4. The Bertz CT molecular complexity index is 935. The van der Waals surface area contributed by atoms with Crippen molar-refractivity contribution in [3.05, 3.63) is 28.8 Å². The maximum Gasteiger partial charge on any atom is 0.208 e. The van der Waals surface area contributed by atoms with E-state index in [4.69, 9.17) is 4.98 Å². The van der Waals surface area contributed by atoms with Crippen LogP contribution in [0.2, 0.25) is 0 Å². The molecular weight excluding hydrogens is 386 g/mol. The summed E-state index contributed by atoms with van der Waals surface area (Å²) >= 11 is 3.65. The Morgan fingerprint density at radius 2 is 1.68 bits per heavy atom. The van der Waals surface area contributed by atoms with Gasteiger partial charge in [-0.25, -0.2) is 4.98 Å². The lowest BCUT2D eigenvalue weighted by atomic mass is 9.90. The van der Waals surface area contributed by atoms with E-state index in [1.807, 2.05) is 22.7 Å². The van der Waals surface area contributed by atoms with Crippen LogP contribution in [0.4, 0.5) is 10.3 Å². The van der Waals surface area contributed by atoms with Crippen molar-refractivity contribution in [2.24, 2.45) is 0 Å². The molecule has 5 rings (SSSR count). The highest BCUT2D eigenvalue weighted by Crippen LogP contribution is 2.36. The SMILES string of the molecule is CCc1ccc2nc(N3CCN(c4nnc(C5CCCCC5)s4)CC3)sc2c1. The standard InChI is InChI=1S/C21H27N5S2/c1-2-15-8-9-17-18(14-15)27-20(22-17)25-10-12-26(13-11-25)21-24-23-19(28-21)16-6-4-3-5-7-16/h8-9,14,16H,2-7,10-13H2,1H3. The Morgan fingerprint density at radius 3 is 2.43 bits per heavy atom. The van der Waals surface area contributed by atoms with Gasteiger partial charge in [-0.05, 0) is 37.0 Å². The van der Waals surface area contributed by atoms with E-state index in [9.17, 15) is 0 Å². The van der Waals surface area contributed by atoms with E-state index in [0.717, 1.165) is 48.4 Å². The van der Waals surface area contributed by atoms with Gasteiger partial charge in [0.1, 0.15) is 5.01 Å². The molecule has 2 aromatic heterocycles. The largest absolute Gasteiger partial charge is 0.345 e. The normalized spacial score (nSPS) is 18.9. The van der Waals surface area contributed by atoms with Gasteiger partial charge in [-0.15, -0.1) is 10.2 Å². The van der Waals surface area contributed by atoms with Gasteiger partial charge in [-0.1, -0.05) is 54.9 Å². The lowest BCUT2D eigenvalue weighted by Gasteiger charge is -2.34. The van der Waals surface area contributed by atoms with Crippen molar-refractivity contribution in [1.29, 1.82) is 0 Å². The topological polar surface area (TPSA) is 45.2 Å². The fourth-order valence-corrected chi connectivity index (χ4v) is 6.42. The molecule has 1 aliphatic heterocycles.